The Hall–Kier alpha value is -1.14. The molecule has 0 radical (unpaired) electrons. The van der Waals surface area contributed by atoms with Gasteiger partial charge in [-0.05, 0) is 38.0 Å². The van der Waals surface area contributed by atoms with Crippen molar-refractivity contribution in [3.63, 3.8) is 0 Å². The van der Waals surface area contributed by atoms with Gasteiger partial charge >= 0.3 is 0 Å². The number of amides is 2. The van der Waals surface area contributed by atoms with E-state index in [2.05, 4.69) is 14.0 Å². The highest BCUT2D eigenvalue weighted by atomic mass is 16.5. The highest BCUT2D eigenvalue weighted by molar-refractivity contribution is 5.90. The van der Waals surface area contributed by atoms with Crippen LogP contribution in [0.3, 0.4) is 0 Å². The number of hydrogen-bond acceptors (Lipinski definition) is 3. The van der Waals surface area contributed by atoms with Crippen LogP contribution < -0.4 is 4.90 Å². The van der Waals surface area contributed by atoms with Crippen LogP contribution in [0.15, 0.2) is 0 Å². The Bertz CT molecular complexity index is 569. The summed E-state index contributed by atoms with van der Waals surface area (Å²) in [6.07, 6.45) is 8.24. The first-order valence-corrected chi connectivity index (χ1v) is 11.1. The van der Waals surface area contributed by atoms with Gasteiger partial charge in [0.1, 0.15) is 11.8 Å². The molecule has 2 amide bonds. The van der Waals surface area contributed by atoms with E-state index in [0.717, 1.165) is 71.1 Å². The predicted molar refractivity (Wildman–Crippen MR) is 102 cm³/mol. The van der Waals surface area contributed by atoms with E-state index >= 15 is 0 Å². The molecule has 4 fully saturated rings. The average Bonchev–Trinajstić information content (AvgIpc) is 3.30. The fourth-order valence-corrected chi connectivity index (χ4v) is 5.71. The molecule has 4 rings (SSSR count). The van der Waals surface area contributed by atoms with E-state index in [9.17, 15) is 9.59 Å². The van der Waals surface area contributed by atoms with Gasteiger partial charge in [0, 0.05) is 5.92 Å². The molecular formula is C21H36N3O3+. The van der Waals surface area contributed by atoms with Gasteiger partial charge in [-0.2, -0.15) is 0 Å². The van der Waals surface area contributed by atoms with Crippen molar-refractivity contribution in [1.29, 1.82) is 0 Å². The number of nitrogens with one attached hydrogen (secondary N) is 1. The molecule has 0 bridgehead atoms. The SMILES string of the molecule is C[C@@H]1CCC[C@]2(C1)OC[C@@H](C(=O)N1CC[NH+](C)CC1)N2C(=O)C1CCCC1. The molecule has 0 aromatic rings. The maximum atomic E-state index is 13.5. The molecule has 2 heterocycles. The van der Waals surface area contributed by atoms with Crippen LogP contribution in [-0.4, -0.2) is 73.2 Å². The van der Waals surface area contributed by atoms with Crippen molar-refractivity contribution in [2.45, 2.75) is 70.1 Å². The minimum Gasteiger partial charge on any atom is -0.353 e. The lowest BCUT2D eigenvalue weighted by Gasteiger charge is -2.45. The molecule has 6 heteroatoms. The van der Waals surface area contributed by atoms with Crippen molar-refractivity contribution >= 4 is 11.8 Å². The Morgan fingerprint density at radius 3 is 2.41 bits per heavy atom. The number of carbonyl (C=O) groups excluding carboxylic acids is 2. The van der Waals surface area contributed by atoms with Gasteiger partial charge < -0.3 is 14.5 Å². The molecular weight excluding hydrogens is 342 g/mol. The molecule has 2 saturated heterocycles. The molecule has 2 saturated carbocycles. The van der Waals surface area contributed by atoms with E-state index in [0.29, 0.717) is 12.5 Å². The van der Waals surface area contributed by atoms with Crippen molar-refractivity contribution in [2.24, 2.45) is 11.8 Å². The highest BCUT2D eigenvalue weighted by Crippen LogP contribution is 2.44. The second kappa shape index (κ2) is 7.70. The van der Waals surface area contributed by atoms with Gasteiger partial charge in [-0.15, -0.1) is 0 Å². The number of carbonyl (C=O) groups is 2. The zero-order valence-corrected chi connectivity index (χ0v) is 17.0. The number of rotatable bonds is 2. The van der Waals surface area contributed by atoms with Gasteiger partial charge in [0.25, 0.3) is 0 Å². The third kappa shape index (κ3) is 3.63. The van der Waals surface area contributed by atoms with Crippen molar-refractivity contribution in [3.05, 3.63) is 0 Å². The summed E-state index contributed by atoms with van der Waals surface area (Å²) < 4.78 is 6.34. The van der Waals surface area contributed by atoms with E-state index in [4.69, 9.17) is 4.74 Å². The standard InChI is InChI=1S/C21H35N3O3/c1-16-6-5-9-21(14-16)24(19(25)17-7-3-4-8-17)18(15-27-21)20(26)23-12-10-22(2)11-13-23/h16-18H,3-15H2,1-2H3/p+1/t16-,18+,21-/m1/s1. The van der Waals surface area contributed by atoms with Crippen molar-refractivity contribution in [3.8, 4) is 0 Å². The molecule has 1 N–H and O–H groups in total. The fourth-order valence-electron chi connectivity index (χ4n) is 5.71. The molecule has 1 spiro atoms. The largest absolute Gasteiger partial charge is 0.353 e. The Balaban J connectivity index is 1.57. The minimum atomic E-state index is -0.532. The second-order valence-corrected chi connectivity index (χ2v) is 9.45. The first kappa shape index (κ1) is 19.2. The van der Waals surface area contributed by atoms with Crippen LogP contribution in [0, 0.1) is 11.8 Å². The molecule has 152 valence electrons. The van der Waals surface area contributed by atoms with Gasteiger partial charge in [0.2, 0.25) is 11.8 Å². The van der Waals surface area contributed by atoms with E-state index < -0.39 is 11.8 Å². The number of nitrogens with zero attached hydrogens (tertiary/aromatic N) is 2. The maximum Gasteiger partial charge on any atom is 0.248 e. The predicted octanol–water partition coefficient (Wildman–Crippen LogP) is 0.667. The van der Waals surface area contributed by atoms with Gasteiger partial charge in [0.15, 0.2) is 0 Å². The fraction of sp³-hybridized carbons (Fsp3) is 0.905. The second-order valence-electron chi connectivity index (χ2n) is 9.45. The summed E-state index contributed by atoms with van der Waals surface area (Å²) in [5, 5.41) is 0. The summed E-state index contributed by atoms with van der Waals surface area (Å²) in [6, 6.07) is -0.415. The molecule has 0 aromatic carbocycles. The lowest BCUT2D eigenvalue weighted by Crippen LogP contribution is -3.12. The molecule has 3 atom stereocenters. The topological polar surface area (TPSA) is 54.3 Å². The third-order valence-corrected chi connectivity index (χ3v) is 7.35. The van der Waals surface area contributed by atoms with Crippen LogP contribution in [-0.2, 0) is 14.3 Å². The number of piperazine rings is 1. The molecule has 2 aliphatic heterocycles. The molecule has 6 nitrogen and oxygen atoms in total. The third-order valence-electron chi connectivity index (χ3n) is 7.35. The quantitative estimate of drug-likeness (QED) is 0.768. The van der Waals surface area contributed by atoms with Gasteiger partial charge in [-0.1, -0.05) is 26.2 Å². The van der Waals surface area contributed by atoms with Crippen LogP contribution in [0.4, 0.5) is 0 Å². The van der Waals surface area contributed by atoms with Crippen molar-refractivity contribution in [2.75, 3.05) is 39.8 Å². The van der Waals surface area contributed by atoms with Gasteiger partial charge in [-0.3, -0.25) is 14.5 Å². The first-order chi connectivity index (χ1) is 13.0. The molecule has 27 heavy (non-hydrogen) atoms. The minimum absolute atomic E-state index is 0.0908. The van der Waals surface area contributed by atoms with Gasteiger partial charge in [0.05, 0.1) is 39.8 Å². The summed E-state index contributed by atoms with van der Waals surface area (Å²) in [6.45, 7) is 6.17. The van der Waals surface area contributed by atoms with E-state index in [-0.39, 0.29) is 17.7 Å². The molecule has 4 aliphatic rings. The number of likely N-dealkylation sites (N-methyl/N-ethyl adjacent to an activating group) is 1. The number of ether oxygens (including phenoxy) is 1. The number of hydrogen-bond donors (Lipinski definition) is 1. The summed E-state index contributed by atoms with van der Waals surface area (Å²) in [5.74, 6) is 0.938. The Morgan fingerprint density at radius 1 is 1.04 bits per heavy atom. The van der Waals surface area contributed by atoms with Crippen LogP contribution in [0.25, 0.3) is 0 Å². The van der Waals surface area contributed by atoms with Gasteiger partial charge in [-0.25, -0.2) is 0 Å². The Morgan fingerprint density at radius 2 is 1.74 bits per heavy atom. The summed E-state index contributed by atoms with van der Waals surface area (Å²) >= 11 is 0. The monoisotopic (exact) mass is 378 g/mol. The first-order valence-electron chi connectivity index (χ1n) is 11.1. The summed E-state index contributed by atoms with van der Waals surface area (Å²) in [7, 11) is 2.18. The van der Waals surface area contributed by atoms with Crippen LogP contribution in [0.2, 0.25) is 0 Å². The average molecular weight is 379 g/mol. The highest BCUT2D eigenvalue weighted by Gasteiger charge is 2.55. The smallest absolute Gasteiger partial charge is 0.248 e. The van der Waals surface area contributed by atoms with E-state index in [1.54, 1.807) is 0 Å². The van der Waals surface area contributed by atoms with Crippen LogP contribution in [0.5, 0.6) is 0 Å². The molecule has 0 aromatic heterocycles. The number of quaternary nitrogens is 1. The van der Waals surface area contributed by atoms with Crippen molar-refractivity contribution < 1.29 is 19.2 Å². The van der Waals surface area contributed by atoms with Crippen molar-refractivity contribution in [1.82, 2.24) is 9.80 Å². The summed E-state index contributed by atoms with van der Waals surface area (Å²) in [4.78, 5) is 32.3. The summed E-state index contributed by atoms with van der Waals surface area (Å²) in [5.41, 5.74) is -0.532. The zero-order chi connectivity index (χ0) is 19.0. The zero-order valence-electron chi connectivity index (χ0n) is 17.0. The van der Waals surface area contributed by atoms with Crippen LogP contribution >= 0.6 is 0 Å². The Labute approximate surface area is 163 Å². The van der Waals surface area contributed by atoms with E-state index in [1.165, 1.54) is 11.3 Å². The lowest BCUT2D eigenvalue weighted by atomic mass is 9.82. The Kier molecular flexibility index (Phi) is 5.48. The molecule has 2 aliphatic carbocycles. The van der Waals surface area contributed by atoms with E-state index in [1.807, 2.05) is 9.80 Å². The maximum absolute atomic E-state index is 13.5. The normalized spacial score (nSPS) is 35.9. The van der Waals surface area contributed by atoms with Crippen LogP contribution in [0.1, 0.15) is 58.3 Å². The lowest BCUT2D eigenvalue weighted by molar-refractivity contribution is -0.883. The molecule has 0 unspecified atom stereocenters.